The highest BCUT2D eigenvalue weighted by Crippen LogP contribution is 2.19. The van der Waals surface area contributed by atoms with Crippen LogP contribution in [0.15, 0.2) is 73.3 Å². The number of carbonyl (C=O) groups excluding carboxylic acids is 1. The van der Waals surface area contributed by atoms with Crippen molar-refractivity contribution < 1.29 is 4.79 Å². The lowest BCUT2D eigenvalue weighted by Crippen LogP contribution is -2.13. The molecular weight excluding hydrogens is 312 g/mol. The molecule has 4 rings (SSSR count). The van der Waals surface area contributed by atoms with Crippen molar-refractivity contribution in [2.45, 2.75) is 6.92 Å². The molecule has 1 N–H and O–H groups in total. The van der Waals surface area contributed by atoms with E-state index in [0.29, 0.717) is 5.56 Å². The number of para-hydroxylation sites is 1. The fourth-order valence-electron chi connectivity index (χ4n) is 2.76. The topological polar surface area (TPSA) is 59.8 Å². The Kier molecular flexibility index (Phi) is 3.74. The van der Waals surface area contributed by atoms with Crippen molar-refractivity contribution in [1.82, 2.24) is 14.5 Å². The molecule has 0 aliphatic carbocycles. The Hall–Kier alpha value is -3.47. The molecule has 2 aromatic carbocycles. The predicted octanol–water partition coefficient (Wildman–Crippen LogP) is 3.98. The van der Waals surface area contributed by atoms with E-state index in [2.05, 4.69) is 15.3 Å². The zero-order valence-electron chi connectivity index (χ0n) is 13.7. The molecule has 1 amide bonds. The van der Waals surface area contributed by atoms with Gasteiger partial charge in [-0.05, 0) is 43.3 Å². The number of hydrogen-bond donors (Lipinski definition) is 1. The summed E-state index contributed by atoms with van der Waals surface area (Å²) in [5.74, 6) is -0.168. The van der Waals surface area contributed by atoms with Gasteiger partial charge in [-0.1, -0.05) is 18.2 Å². The van der Waals surface area contributed by atoms with Crippen LogP contribution in [0.25, 0.3) is 16.6 Å². The Bertz CT molecular complexity index is 1040. The molecule has 122 valence electrons. The predicted molar refractivity (Wildman–Crippen MR) is 98.0 cm³/mol. The standard InChI is InChI=1S/C20H16N4O/c1-14-5-6-15-3-2-4-18(19(15)22-14)20(25)23-16-7-9-17(10-8-16)24-12-11-21-13-24/h2-13H,1H3,(H,23,25). The first kappa shape index (κ1) is 15.1. The second-order valence-electron chi connectivity index (χ2n) is 5.80. The molecular formula is C20H16N4O. The average molecular weight is 328 g/mol. The lowest BCUT2D eigenvalue weighted by Gasteiger charge is -2.09. The SMILES string of the molecule is Cc1ccc2cccc(C(=O)Nc3ccc(-n4ccnc4)cc3)c2n1. The molecule has 0 atom stereocenters. The van der Waals surface area contributed by atoms with E-state index in [-0.39, 0.29) is 5.91 Å². The number of aromatic nitrogens is 3. The average Bonchev–Trinajstić information content (AvgIpc) is 3.16. The summed E-state index contributed by atoms with van der Waals surface area (Å²) >= 11 is 0. The summed E-state index contributed by atoms with van der Waals surface area (Å²) in [6, 6.07) is 17.2. The molecule has 0 saturated heterocycles. The van der Waals surface area contributed by atoms with E-state index >= 15 is 0 Å². The number of hydrogen-bond acceptors (Lipinski definition) is 3. The number of rotatable bonds is 3. The normalized spacial score (nSPS) is 10.8. The van der Waals surface area contributed by atoms with E-state index < -0.39 is 0 Å². The third-order valence-corrected chi connectivity index (χ3v) is 4.03. The van der Waals surface area contributed by atoms with Gasteiger partial charge < -0.3 is 9.88 Å². The van der Waals surface area contributed by atoms with Gasteiger partial charge in [0.1, 0.15) is 0 Å². The van der Waals surface area contributed by atoms with Crippen LogP contribution in [0.3, 0.4) is 0 Å². The molecule has 25 heavy (non-hydrogen) atoms. The molecule has 4 aromatic rings. The Balaban J connectivity index is 1.61. The summed E-state index contributed by atoms with van der Waals surface area (Å²) in [5.41, 5.74) is 3.89. The molecule has 0 aliphatic rings. The van der Waals surface area contributed by atoms with E-state index in [1.165, 1.54) is 0 Å². The Morgan fingerprint density at radius 3 is 2.64 bits per heavy atom. The lowest BCUT2D eigenvalue weighted by molar-refractivity contribution is 0.102. The highest BCUT2D eigenvalue weighted by molar-refractivity contribution is 6.11. The van der Waals surface area contributed by atoms with Gasteiger partial charge in [-0.15, -0.1) is 0 Å². The van der Waals surface area contributed by atoms with Gasteiger partial charge in [0.2, 0.25) is 0 Å². The smallest absolute Gasteiger partial charge is 0.257 e. The van der Waals surface area contributed by atoms with Gasteiger partial charge in [0.05, 0.1) is 17.4 Å². The molecule has 0 bridgehead atoms. The number of nitrogens with zero attached hydrogens (tertiary/aromatic N) is 3. The number of fused-ring (bicyclic) bond motifs is 1. The molecule has 0 fully saturated rings. The van der Waals surface area contributed by atoms with E-state index in [4.69, 9.17) is 0 Å². The van der Waals surface area contributed by atoms with Crippen LogP contribution in [0.1, 0.15) is 16.1 Å². The Morgan fingerprint density at radius 2 is 1.88 bits per heavy atom. The van der Waals surface area contributed by atoms with Gasteiger partial charge in [-0.3, -0.25) is 9.78 Å². The van der Waals surface area contributed by atoms with Gasteiger partial charge in [0.15, 0.2) is 0 Å². The molecule has 0 spiro atoms. The van der Waals surface area contributed by atoms with Crippen LogP contribution in [-0.4, -0.2) is 20.4 Å². The number of imidazole rings is 1. The van der Waals surface area contributed by atoms with Crippen molar-refractivity contribution in [3.8, 4) is 5.69 Å². The fraction of sp³-hybridized carbons (Fsp3) is 0.0500. The first-order valence-corrected chi connectivity index (χ1v) is 7.97. The summed E-state index contributed by atoms with van der Waals surface area (Å²) in [4.78, 5) is 21.2. The lowest BCUT2D eigenvalue weighted by atomic mass is 10.1. The number of pyridine rings is 1. The van der Waals surface area contributed by atoms with Gasteiger partial charge in [0, 0.05) is 34.8 Å². The Labute approximate surface area is 145 Å². The van der Waals surface area contributed by atoms with Gasteiger partial charge in [0.25, 0.3) is 5.91 Å². The third kappa shape index (κ3) is 2.99. The first-order chi connectivity index (χ1) is 12.2. The van der Waals surface area contributed by atoms with Crippen molar-refractivity contribution in [1.29, 1.82) is 0 Å². The van der Waals surface area contributed by atoms with Crippen LogP contribution in [0.2, 0.25) is 0 Å². The van der Waals surface area contributed by atoms with Crippen LogP contribution in [-0.2, 0) is 0 Å². The maximum absolute atomic E-state index is 12.7. The van der Waals surface area contributed by atoms with Gasteiger partial charge in [-0.25, -0.2) is 4.98 Å². The fourth-order valence-corrected chi connectivity index (χ4v) is 2.76. The quantitative estimate of drug-likeness (QED) is 0.619. The summed E-state index contributed by atoms with van der Waals surface area (Å²) in [6.45, 7) is 1.92. The molecule has 2 aromatic heterocycles. The minimum atomic E-state index is -0.168. The maximum Gasteiger partial charge on any atom is 0.257 e. The van der Waals surface area contributed by atoms with Crippen molar-refractivity contribution >= 4 is 22.5 Å². The van der Waals surface area contributed by atoms with E-state index in [1.54, 1.807) is 18.6 Å². The Morgan fingerprint density at radius 1 is 1.04 bits per heavy atom. The van der Waals surface area contributed by atoms with Crippen LogP contribution < -0.4 is 5.32 Å². The molecule has 5 nitrogen and oxygen atoms in total. The van der Waals surface area contributed by atoms with Crippen LogP contribution in [0, 0.1) is 6.92 Å². The number of anilines is 1. The van der Waals surface area contributed by atoms with E-state index in [1.807, 2.05) is 66.2 Å². The summed E-state index contributed by atoms with van der Waals surface area (Å²) in [7, 11) is 0. The van der Waals surface area contributed by atoms with Crippen molar-refractivity contribution in [2.75, 3.05) is 5.32 Å². The van der Waals surface area contributed by atoms with Gasteiger partial charge >= 0.3 is 0 Å². The van der Waals surface area contributed by atoms with Crippen LogP contribution in [0.4, 0.5) is 5.69 Å². The third-order valence-electron chi connectivity index (χ3n) is 4.03. The van der Waals surface area contributed by atoms with Crippen molar-refractivity contribution in [3.63, 3.8) is 0 Å². The monoisotopic (exact) mass is 328 g/mol. The molecule has 0 saturated carbocycles. The summed E-state index contributed by atoms with van der Waals surface area (Å²) in [5, 5.41) is 3.89. The van der Waals surface area contributed by atoms with E-state index in [9.17, 15) is 4.79 Å². The second kappa shape index (κ2) is 6.20. The van der Waals surface area contributed by atoms with E-state index in [0.717, 1.165) is 28.0 Å². The summed E-state index contributed by atoms with van der Waals surface area (Å²) < 4.78 is 1.91. The number of benzene rings is 2. The molecule has 0 radical (unpaired) electrons. The highest BCUT2D eigenvalue weighted by Gasteiger charge is 2.11. The molecule has 0 aliphatic heterocycles. The largest absolute Gasteiger partial charge is 0.322 e. The second-order valence-corrected chi connectivity index (χ2v) is 5.80. The van der Waals surface area contributed by atoms with Crippen molar-refractivity contribution in [3.05, 3.63) is 84.6 Å². The van der Waals surface area contributed by atoms with Crippen LogP contribution in [0.5, 0.6) is 0 Å². The molecule has 2 heterocycles. The zero-order valence-corrected chi connectivity index (χ0v) is 13.7. The minimum Gasteiger partial charge on any atom is -0.322 e. The van der Waals surface area contributed by atoms with Gasteiger partial charge in [-0.2, -0.15) is 0 Å². The van der Waals surface area contributed by atoms with Crippen molar-refractivity contribution in [2.24, 2.45) is 0 Å². The number of nitrogens with one attached hydrogen (secondary N) is 1. The minimum absolute atomic E-state index is 0.168. The highest BCUT2D eigenvalue weighted by atomic mass is 16.1. The zero-order chi connectivity index (χ0) is 17.2. The first-order valence-electron chi connectivity index (χ1n) is 7.97. The molecule has 5 heteroatoms. The number of aryl methyl sites for hydroxylation is 1. The van der Waals surface area contributed by atoms with Crippen LogP contribution >= 0.6 is 0 Å². The maximum atomic E-state index is 12.7. The number of amides is 1. The molecule has 0 unspecified atom stereocenters. The summed E-state index contributed by atoms with van der Waals surface area (Å²) in [6.07, 6.45) is 5.33. The number of carbonyl (C=O) groups is 1.